The van der Waals surface area contributed by atoms with Gasteiger partial charge in [0.05, 0.1) is 6.61 Å². The van der Waals surface area contributed by atoms with Crippen molar-refractivity contribution < 1.29 is 4.74 Å². The summed E-state index contributed by atoms with van der Waals surface area (Å²) in [6.45, 7) is 5.32. The van der Waals surface area contributed by atoms with Gasteiger partial charge in [-0.2, -0.15) is 0 Å². The van der Waals surface area contributed by atoms with Gasteiger partial charge in [-0.15, -0.1) is 0 Å². The maximum Gasteiger partial charge on any atom is 0.131 e. The zero-order valence-electron chi connectivity index (χ0n) is 19.8. The summed E-state index contributed by atoms with van der Waals surface area (Å²) in [6, 6.07) is 8.56. The lowest BCUT2D eigenvalue weighted by atomic mass is 9.79. The highest BCUT2D eigenvalue weighted by atomic mass is 16.5. The molecule has 0 unspecified atom stereocenters. The third-order valence-electron chi connectivity index (χ3n) is 6.80. The largest absolute Gasteiger partial charge is 0.494 e. The van der Waals surface area contributed by atoms with E-state index in [-0.39, 0.29) is 0 Å². The molecule has 1 aromatic carbocycles. The summed E-state index contributed by atoms with van der Waals surface area (Å²) in [5.74, 6) is 3.56. The summed E-state index contributed by atoms with van der Waals surface area (Å²) in [5.41, 5.74) is 2.57. The fourth-order valence-corrected chi connectivity index (χ4v) is 4.68. The van der Waals surface area contributed by atoms with Gasteiger partial charge in [0.2, 0.25) is 0 Å². The average Bonchev–Trinajstić information content (AvgIpc) is 2.82. The second-order valence-corrected chi connectivity index (χ2v) is 9.36. The molecule has 0 aliphatic heterocycles. The topological polar surface area (TPSA) is 35.0 Å². The molecule has 0 radical (unpaired) electrons. The molecule has 3 heteroatoms. The van der Waals surface area contributed by atoms with Crippen molar-refractivity contribution >= 4 is 0 Å². The standard InChI is InChI=1S/C28H42N2O/c1-3-5-7-9-23-12-16-26(17-13-23)28-29-21-25(22-30-28)11-10-24-14-18-27(19-15-24)31-20-8-6-4-2/h14-15,18-19,21-23,26H,3-13,16-17,20H2,1-2H3. The Bertz CT molecular complexity index is 718. The zero-order valence-corrected chi connectivity index (χ0v) is 19.8. The first-order valence-corrected chi connectivity index (χ1v) is 12.8. The van der Waals surface area contributed by atoms with E-state index in [2.05, 4.69) is 50.5 Å². The van der Waals surface area contributed by atoms with Crippen molar-refractivity contribution in [1.82, 2.24) is 9.97 Å². The lowest BCUT2D eigenvalue weighted by molar-refractivity contribution is 0.297. The first-order chi connectivity index (χ1) is 15.3. The van der Waals surface area contributed by atoms with Crippen LogP contribution in [0.25, 0.3) is 0 Å². The van der Waals surface area contributed by atoms with Crippen molar-refractivity contribution in [3.8, 4) is 5.75 Å². The first kappa shape index (κ1) is 23.8. The molecule has 1 fully saturated rings. The summed E-state index contributed by atoms with van der Waals surface area (Å²) in [4.78, 5) is 9.49. The molecule has 2 aromatic rings. The number of rotatable bonds is 13. The summed E-state index contributed by atoms with van der Waals surface area (Å²) >= 11 is 0. The van der Waals surface area contributed by atoms with Crippen LogP contribution in [0, 0.1) is 5.92 Å². The molecule has 0 amide bonds. The van der Waals surface area contributed by atoms with Crippen LogP contribution in [0.1, 0.15) is 107 Å². The van der Waals surface area contributed by atoms with Crippen LogP contribution < -0.4 is 4.74 Å². The van der Waals surface area contributed by atoms with Crippen molar-refractivity contribution in [2.24, 2.45) is 5.92 Å². The van der Waals surface area contributed by atoms with Crippen molar-refractivity contribution in [3.63, 3.8) is 0 Å². The monoisotopic (exact) mass is 422 g/mol. The second kappa shape index (κ2) is 13.5. The zero-order chi connectivity index (χ0) is 21.7. The summed E-state index contributed by atoms with van der Waals surface area (Å²) in [5, 5.41) is 0. The molecular weight excluding hydrogens is 380 g/mol. The van der Waals surface area contributed by atoms with Gasteiger partial charge in [-0.3, -0.25) is 0 Å². The van der Waals surface area contributed by atoms with Gasteiger partial charge in [0, 0.05) is 18.3 Å². The summed E-state index contributed by atoms with van der Waals surface area (Å²) in [6.07, 6.45) is 20.5. The van der Waals surface area contributed by atoms with E-state index in [0.717, 1.165) is 43.4 Å². The number of aromatic nitrogens is 2. The minimum Gasteiger partial charge on any atom is -0.494 e. The van der Waals surface area contributed by atoms with E-state index in [0.29, 0.717) is 5.92 Å². The molecule has 1 saturated carbocycles. The van der Waals surface area contributed by atoms with E-state index in [1.165, 1.54) is 75.3 Å². The predicted molar refractivity (Wildman–Crippen MR) is 130 cm³/mol. The third-order valence-corrected chi connectivity index (χ3v) is 6.80. The van der Waals surface area contributed by atoms with Gasteiger partial charge in [0.15, 0.2) is 0 Å². The van der Waals surface area contributed by atoms with Crippen molar-refractivity contribution in [2.75, 3.05) is 6.61 Å². The highest BCUT2D eigenvalue weighted by Gasteiger charge is 2.23. The van der Waals surface area contributed by atoms with E-state index in [1.807, 2.05) is 0 Å². The van der Waals surface area contributed by atoms with Gasteiger partial charge in [-0.05, 0) is 74.1 Å². The summed E-state index contributed by atoms with van der Waals surface area (Å²) in [7, 11) is 0. The maximum atomic E-state index is 5.81. The van der Waals surface area contributed by atoms with Crippen LogP contribution in [0.4, 0.5) is 0 Å². The van der Waals surface area contributed by atoms with Crippen molar-refractivity contribution in [2.45, 2.75) is 103 Å². The number of unbranched alkanes of at least 4 members (excludes halogenated alkanes) is 4. The van der Waals surface area contributed by atoms with Crippen molar-refractivity contribution in [1.29, 1.82) is 0 Å². The Kier molecular flexibility index (Phi) is 10.3. The molecule has 3 nitrogen and oxygen atoms in total. The van der Waals surface area contributed by atoms with Crippen LogP contribution in [-0.4, -0.2) is 16.6 Å². The molecule has 0 spiro atoms. The lowest BCUT2D eigenvalue weighted by Gasteiger charge is -2.27. The smallest absolute Gasteiger partial charge is 0.131 e. The van der Waals surface area contributed by atoms with Gasteiger partial charge >= 0.3 is 0 Å². The van der Waals surface area contributed by atoms with E-state index < -0.39 is 0 Å². The molecule has 0 atom stereocenters. The second-order valence-electron chi connectivity index (χ2n) is 9.36. The normalized spacial score (nSPS) is 18.8. The fourth-order valence-electron chi connectivity index (χ4n) is 4.68. The van der Waals surface area contributed by atoms with Crippen LogP contribution in [0.5, 0.6) is 5.75 Å². The van der Waals surface area contributed by atoms with Gasteiger partial charge in [0.1, 0.15) is 11.6 Å². The minimum atomic E-state index is 0.571. The highest BCUT2D eigenvalue weighted by molar-refractivity contribution is 5.28. The van der Waals surface area contributed by atoms with Crippen LogP contribution >= 0.6 is 0 Å². The van der Waals surface area contributed by atoms with Crippen LogP contribution in [-0.2, 0) is 12.8 Å². The Morgan fingerprint density at radius 1 is 0.774 bits per heavy atom. The molecular formula is C28H42N2O. The molecule has 1 aliphatic rings. The van der Waals surface area contributed by atoms with Crippen LogP contribution in [0.3, 0.4) is 0 Å². The lowest BCUT2D eigenvalue weighted by Crippen LogP contribution is -2.15. The number of benzene rings is 1. The van der Waals surface area contributed by atoms with E-state index in [1.54, 1.807) is 0 Å². The molecule has 3 rings (SSSR count). The summed E-state index contributed by atoms with van der Waals surface area (Å²) < 4.78 is 5.81. The SMILES string of the molecule is CCCCCOc1ccc(CCc2cnc(C3CCC(CCCCC)CC3)nc2)cc1. The molecule has 0 N–H and O–H groups in total. The van der Waals surface area contributed by atoms with Gasteiger partial charge in [-0.1, -0.05) is 64.5 Å². The predicted octanol–water partition coefficient (Wildman–Crippen LogP) is 7.68. The molecule has 1 heterocycles. The number of hydrogen-bond acceptors (Lipinski definition) is 3. The molecule has 0 saturated heterocycles. The number of ether oxygens (including phenoxy) is 1. The Morgan fingerprint density at radius 3 is 2.10 bits per heavy atom. The Hall–Kier alpha value is -1.90. The van der Waals surface area contributed by atoms with Gasteiger partial charge in [-0.25, -0.2) is 9.97 Å². The van der Waals surface area contributed by atoms with Gasteiger partial charge in [0.25, 0.3) is 0 Å². The van der Waals surface area contributed by atoms with E-state index >= 15 is 0 Å². The minimum absolute atomic E-state index is 0.571. The molecule has 1 aliphatic carbocycles. The van der Waals surface area contributed by atoms with E-state index in [4.69, 9.17) is 14.7 Å². The fraction of sp³-hybridized carbons (Fsp3) is 0.643. The average molecular weight is 423 g/mol. The van der Waals surface area contributed by atoms with Crippen LogP contribution in [0.2, 0.25) is 0 Å². The molecule has 0 bridgehead atoms. The third kappa shape index (κ3) is 8.27. The molecule has 31 heavy (non-hydrogen) atoms. The van der Waals surface area contributed by atoms with Gasteiger partial charge < -0.3 is 4.74 Å². The Morgan fingerprint density at radius 2 is 1.42 bits per heavy atom. The maximum absolute atomic E-state index is 5.81. The number of nitrogens with zero attached hydrogens (tertiary/aromatic N) is 2. The first-order valence-electron chi connectivity index (χ1n) is 12.8. The number of aryl methyl sites for hydroxylation is 2. The molecule has 1 aromatic heterocycles. The number of hydrogen-bond donors (Lipinski definition) is 0. The molecule has 170 valence electrons. The quantitative estimate of drug-likeness (QED) is 0.310. The van der Waals surface area contributed by atoms with Crippen molar-refractivity contribution in [3.05, 3.63) is 53.6 Å². The highest BCUT2D eigenvalue weighted by Crippen LogP contribution is 2.36. The van der Waals surface area contributed by atoms with E-state index in [9.17, 15) is 0 Å². The Balaban J connectivity index is 1.39. The Labute approximate surface area is 190 Å². The van der Waals surface area contributed by atoms with Crippen LogP contribution in [0.15, 0.2) is 36.7 Å².